The number of aryl methyl sites for hydroxylation is 1. The van der Waals surface area contributed by atoms with Crippen LogP contribution in [-0.2, 0) is 4.79 Å². The minimum Gasteiger partial charge on any atom is -0.364 e. The summed E-state index contributed by atoms with van der Waals surface area (Å²) in [4.78, 5) is 14.3. The number of carbonyl (C=O) groups excluding carboxylic acids is 1. The fourth-order valence-corrected chi connectivity index (χ4v) is 3.58. The van der Waals surface area contributed by atoms with Crippen LogP contribution in [0.15, 0.2) is 18.2 Å². The molecule has 0 spiro atoms. The zero-order valence-electron chi connectivity index (χ0n) is 11.3. The quantitative estimate of drug-likeness (QED) is 0.753. The maximum atomic E-state index is 11.8. The van der Waals surface area contributed by atoms with Crippen LogP contribution in [0.3, 0.4) is 0 Å². The fraction of sp³-hybridized carbons (Fsp3) is 0.562. The number of ketones is 1. The van der Waals surface area contributed by atoms with Crippen LogP contribution in [-0.4, -0.2) is 17.9 Å². The van der Waals surface area contributed by atoms with Crippen molar-refractivity contribution in [3.05, 3.63) is 29.3 Å². The largest absolute Gasteiger partial charge is 0.364 e. The molecule has 18 heavy (non-hydrogen) atoms. The van der Waals surface area contributed by atoms with E-state index in [2.05, 4.69) is 36.9 Å². The Morgan fingerprint density at radius 3 is 2.44 bits per heavy atom. The number of fused-ring (bicyclic) bond motifs is 2. The average molecular weight is 243 g/mol. The zero-order valence-corrected chi connectivity index (χ0v) is 11.3. The predicted octanol–water partition coefficient (Wildman–Crippen LogP) is 3.39. The third-order valence-electron chi connectivity index (χ3n) is 4.64. The molecule has 96 valence electrons. The van der Waals surface area contributed by atoms with Gasteiger partial charge in [0.05, 0.1) is 0 Å². The molecule has 1 aromatic rings. The molecule has 0 amide bonds. The Morgan fingerprint density at radius 1 is 1.11 bits per heavy atom. The zero-order chi connectivity index (χ0) is 12.7. The molecule has 2 unspecified atom stereocenters. The van der Waals surface area contributed by atoms with Gasteiger partial charge in [0.25, 0.3) is 0 Å². The summed E-state index contributed by atoms with van der Waals surface area (Å²) >= 11 is 0. The second-order valence-electron chi connectivity index (χ2n) is 5.81. The Hall–Kier alpha value is -1.31. The summed E-state index contributed by atoms with van der Waals surface area (Å²) in [5, 5.41) is 0. The Kier molecular flexibility index (Phi) is 2.89. The third kappa shape index (κ3) is 1.84. The predicted molar refractivity (Wildman–Crippen MR) is 74.1 cm³/mol. The Morgan fingerprint density at radius 2 is 1.78 bits per heavy atom. The second-order valence-corrected chi connectivity index (χ2v) is 5.81. The molecule has 0 aromatic heterocycles. The highest BCUT2D eigenvalue weighted by atomic mass is 16.1. The second kappa shape index (κ2) is 4.42. The number of piperidine rings is 2. The minimum absolute atomic E-state index is 0.450. The molecule has 0 aliphatic carbocycles. The van der Waals surface area contributed by atoms with Gasteiger partial charge in [0.15, 0.2) is 0 Å². The molecule has 2 fully saturated rings. The van der Waals surface area contributed by atoms with E-state index in [9.17, 15) is 4.79 Å². The summed E-state index contributed by atoms with van der Waals surface area (Å²) in [6, 6.07) is 7.44. The van der Waals surface area contributed by atoms with Crippen molar-refractivity contribution in [3.8, 4) is 0 Å². The van der Waals surface area contributed by atoms with Crippen molar-refractivity contribution in [2.24, 2.45) is 0 Å². The molecule has 0 radical (unpaired) electrons. The van der Waals surface area contributed by atoms with E-state index in [1.807, 2.05) is 0 Å². The molecular formula is C16H21NO. The van der Waals surface area contributed by atoms with Crippen LogP contribution in [0.25, 0.3) is 0 Å². The van der Waals surface area contributed by atoms with Gasteiger partial charge >= 0.3 is 0 Å². The lowest BCUT2D eigenvalue weighted by Gasteiger charge is -2.47. The standard InChI is InChI=1S/C16H21NO/c1-11-5-3-8-16(12(11)2)17-13-6-4-7-14(17)10-15(18)9-13/h3,5,8,13-14H,4,6-7,9-10H2,1-2H3. The summed E-state index contributed by atoms with van der Waals surface area (Å²) in [7, 11) is 0. The number of anilines is 1. The van der Waals surface area contributed by atoms with Gasteiger partial charge < -0.3 is 4.90 Å². The molecule has 2 heterocycles. The number of hydrogen-bond acceptors (Lipinski definition) is 2. The van der Waals surface area contributed by atoms with Crippen molar-refractivity contribution in [2.45, 2.75) is 58.0 Å². The highest BCUT2D eigenvalue weighted by molar-refractivity contribution is 5.83. The highest BCUT2D eigenvalue weighted by Gasteiger charge is 2.38. The first-order valence-corrected chi connectivity index (χ1v) is 7.03. The first-order chi connectivity index (χ1) is 8.66. The monoisotopic (exact) mass is 243 g/mol. The molecule has 2 nitrogen and oxygen atoms in total. The molecule has 2 aliphatic rings. The summed E-state index contributed by atoms with van der Waals surface area (Å²) in [6.07, 6.45) is 5.14. The topological polar surface area (TPSA) is 20.3 Å². The van der Waals surface area contributed by atoms with Crippen LogP contribution in [0.2, 0.25) is 0 Å². The summed E-state index contributed by atoms with van der Waals surface area (Å²) in [6.45, 7) is 4.38. The van der Waals surface area contributed by atoms with E-state index in [-0.39, 0.29) is 0 Å². The van der Waals surface area contributed by atoms with Gasteiger partial charge in [-0.05, 0) is 50.3 Å². The molecule has 0 saturated carbocycles. The number of Topliss-reactive ketones (excluding diaryl/α,β-unsaturated/α-hetero) is 1. The van der Waals surface area contributed by atoms with Crippen LogP contribution in [0.4, 0.5) is 5.69 Å². The van der Waals surface area contributed by atoms with Gasteiger partial charge in [-0.2, -0.15) is 0 Å². The lowest BCUT2D eigenvalue weighted by molar-refractivity contribution is -0.121. The van der Waals surface area contributed by atoms with E-state index in [1.54, 1.807) is 0 Å². The SMILES string of the molecule is Cc1cccc(N2C3CCCC2CC(=O)C3)c1C. The Bertz CT molecular complexity index is 464. The van der Waals surface area contributed by atoms with Crippen LogP contribution in [0.1, 0.15) is 43.2 Å². The molecule has 0 N–H and O–H groups in total. The van der Waals surface area contributed by atoms with Gasteiger partial charge in [-0.1, -0.05) is 12.1 Å². The summed E-state index contributed by atoms with van der Waals surface area (Å²) in [5.74, 6) is 0.464. The normalized spacial score (nSPS) is 27.4. The molecule has 2 bridgehead atoms. The van der Waals surface area contributed by atoms with E-state index in [0.29, 0.717) is 17.9 Å². The van der Waals surface area contributed by atoms with Crippen molar-refractivity contribution in [2.75, 3.05) is 4.90 Å². The number of nitrogens with zero attached hydrogens (tertiary/aromatic N) is 1. The summed E-state index contributed by atoms with van der Waals surface area (Å²) in [5.41, 5.74) is 4.09. The molecule has 2 saturated heterocycles. The minimum atomic E-state index is 0.450. The van der Waals surface area contributed by atoms with Crippen molar-refractivity contribution >= 4 is 11.5 Å². The van der Waals surface area contributed by atoms with Crippen molar-refractivity contribution in [3.63, 3.8) is 0 Å². The van der Waals surface area contributed by atoms with Gasteiger partial charge in [0.1, 0.15) is 5.78 Å². The van der Waals surface area contributed by atoms with Crippen molar-refractivity contribution in [1.82, 2.24) is 0 Å². The molecule has 2 aliphatic heterocycles. The lowest BCUT2D eigenvalue weighted by atomic mass is 9.83. The van der Waals surface area contributed by atoms with E-state index in [1.165, 1.54) is 36.1 Å². The number of hydrogen-bond donors (Lipinski definition) is 0. The van der Waals surface area contributed by atoms with Crippen LogP contribution >= 0.6 is 0 Å². The number of benzene rings is 1. The molecule has 1 aromatic carbocycles. The average Bonchev–Trinajstić information content (AvgIpc) is 2.32. The fourth-order valence-electron chi connectivity index (χ4n) is 3.58. The van der Waals surface area contributed by atoms with Crippen LogP contribution in [0, 0.1) is 13.8 Å². The molecular weight excluding hydrogens is 222 g/mol. The summed E-state index contributed by atoms with van der Waals surface area (Å²) < 4.78 is 0. The first-order valence-electron chi connectivity index (χ1n) is 7.03. The van der Waals surface area contributed by atoms with Gasteiger partial charge in [0, 0.05) is 30.6 Å². The number of rotatable bonds is 1. The third-order valence-corrected chi connectivity index (χ3v) is 4.64. The van der Waals surface area contributed by atoms with Crippen molar-refractivity contribution < 1.29 is 4.79 Å². The molecule has 3 rings (SSSR count). The van der Waals surface area contributed by atoms with Gasteiger partial charge in [-0.25, -0.2) is 0 Å². The van der Waals surface area contributed by atoms with Gasteiger partial charge in [-0.15, -0.1) is 0 Å². The Balaban J connectivity index is 2.00. The van der Waals surface area contributed by atoms with E-state index in [4.69, 9.17) is 0 Å². The first kappa shape index (κ1) is 11.8. The smallest absolute Gasteiger partial charge is 0.137 e. The van der Waals surface area contributed by atoms with Gasteiger partial charge in [-0.3, -0.25) is 4.79 Å². The van der Waals surface area contributed by atoms with Gasteiger partial charge in [0.2, 0.25) is 0 Å². The van der Waals surface area contributed by atoms with Crippen LogP contribution in [0.5, 0.6) is 0 Å². The molecule has 2 atom stereocenters. The van der Waals surface area contributed by atoms with E-state index in [0.717, 1.165) is 12.8 Å². The van der Waals surface area contributed by atoms with E-state index < -0.39 is 0 Å². The van der Waals surface area contributed by atoms with Crippen LogP contribution < -0.4 is 4.90 Å². The highest BCUT2D eigenvalue weighted by Crippen LogP contribution is 2.38. The lowest BCUT2D eigenvalue weighted by Crippen LogP contribution is -2.52. The van der Waals surface area contributed by atoms with E-state index >= 15 is 0 Å². The van der Waals surface area contributed by atoms with Crippen molar-refractivity contribution in [1.29, 1.82) is 0 Å². The maximum Gasteiger partial charge on any atom is 0.137 e. The maximum absolute atomic E-state index is 11.8. The number of carbonyl (C=O) groups is 1. The molecule has 2 heteroatoms. The Labute approximate surface area is 109 Å².